The minimum Gasteiger partial charge on any atom is -0.370 e. The third-order valence-electron chi connectivity index (χ3n) is 3.82. The molecule has 3 aromatic rings. The Labute approximate surface area is 137 Å². The number of aromatic amines is 1. The van der Waals surface area contributed by atoms with Crippen LogP contribution in [0.2, 0.25) is 0 Å². The van der Waals surface area contributed by atoms with Gasteiger partial charge < -0.3 is 9.88 Å². The molecular weight excluding hydrogens is 340 g/mol. The molecule has 3 rings (SSSR count). The van der Waals surface area contributed by atoms with Gasteiger partial charge >= 0.3 is 0 Å². The maximum atomic E-state index is 12.2. The number of nitrogens with one attached hydrogen (secondary N) is 1. The molecule has 0 saturated carbocycles. The van der Waals surface area contributed by atoms with Crippen LogP contribution >= 0.6 is 15.9 Å². The van der Waals surface area contributed by atoms with Gasteiger partial charge in [-0.15, -0.1) is 0 Å². The number of nitrogens with zero attached hydrogens (tertiary/aromatic N) is 1. The number of hydrogen-bond donors (Lipinski definition) is 1. The van der Waals surface area contributed by atoms with Crippen molar-refractivity contribution >= 4 is 32.5 Å². The van der Waals surface area contributed by atoms with Crippen LogP contribution in [0.25, 0.3) is 10.9 Å². The lowest BCUT2D eigenvalue weighted by Gasteiger charge is -2.20. The van der Waals surface area contributed by atoms with Gasteiger partial charge in [0.2, 0.25) is 0 Å². The van der Waals surface area contributed by atoms with Gasteiger partial charge in [-0.2, -0.15) is 0 Å². The standard InChI is InChI=1S/C18H17BrN2O/c1-12-9-15(7-8-16(12)19)21(2)11-14-10-13-5-3-4-6-17(13)20-18(14)22/h3-10H,11H2,1-2H3,(H,20,22). The molecule has 0 aliphatic rings. The van der Waals surface area contributed by atoms with Gasteiger partial charge in [0.25, 0.3) is 5.56 Å². The fourth-order valence-corrected chi connectivity index (χ4v) is 2.77. The largest absolute Gasteiger partial charge is 0.370 e. The van der Waals surface area contributed by atoms with Crippen LogP contribution in [0.15, 0.2) is 57.8 Å². The van der Waals surface area contributed by atoms with E-state index < -0.39 is 0 Å². The number of para-hydroxylation sites is 1. The molecule has 1 N–H and O–H groups in total. The van der Waals surface area contributed by atoms with Crippen LogP contribution in [0, 0.1) is 6.92 Å². The molecule has 0 spiro atoms. The summed E-state index contributed by atoms with van der Waals surface area (Å²) in [6, 6.07) is 16.0. The lowest BCUT2D eigenvalue weighted by atomic mass is 10.1. The van der Waals surface area contributed by atoms with Gasteiger partial charge in [0.1, 0.15) is 0 Å². The first kappa shape index (κ1) is 14.9. The lowest BCUT2D eigenvalue weighted by Crippen LogP contribution is -2.23. The molecule has 4 heteroatoms. The predicted molar refractivity (Wildman–Crippen MR) is 95.6 cm³/mol. The van der Waals surface area contributed by atoms with Crippen LogP contribution in [-0.4, -0.2) is 12.0 Å². The first-order valence-electron chi connectivity index (χ1n) is 7.13. The van der Waals surface area contributed by atoms with E-state index in [4.69, 9.17) is 0 Å². The van der Waals surface area contributed by atoms with E-state index >= 15 is 0 Å². The summed E-state index contributed by atoms with van der Waals surface area (Å²) < 4.78 is 1.09. The van der Waals surface area contributed by atoms with Crippen molar-refractivity contribution in [1.29, 1.82) is 0 Å². The van der Waals surface area contributed by atoms with Crippen LogP contribution in [-0.2, 0) is 6.54 Å². The first-order chi connectivity index (χ1) is 10.5. The van der Waals surface area contributed by atoms with Crippen molar-refractivity contribution in [2.45, 2.75) is 13.5 Å². The normalized spacial score (nSPS) is 10.9. The Morgan fingerprint density at radius 3 is 2.68 bits per heavy atom. The highest BCUT2D eigenvalue weighted by molar-refractivity contribution is 9.10. The Morgan fingerprint density at radius 2 is 1.91 bits per heavy atom. The average molecular weight is 357 g/mol. The molecule has 0 amide bonds. The summed E-state index contributed by atoms with van der Waals surface area (Å²) in [5.74, 6) is 0. The molecule has 0 aliphatic carbocycles. The summed E-state index contributed by atoms with van der Waals surface area (Å²) >= 11 is 3.51. The van der Waals surface area contributed by atoms with Gasteiger partial charge in [-0.25, -0.2) is 0 Å². The molecule has 1 aromatic heterocycles. The molecule has 0 atom stereocenters. The zero-order chi connectivity index (χ0) is 15.7. The fourth-order valence-electron chi connectivity index (χ4n) is 2.52. The van der Waals surface area contributed by atoms with Crippen LogP contribution in [0.1, 0.15) is 11.1 Å². The molecular formula is C18H17BrN2O. The second kappa shape index (κ2) is 5.97. The highest BCUT2D eigenvalue weighted by Gasteiger charge is 2.08. The zero-order valence-electron chi connectivity index (χ0n) is 12.6. The Kier molecular flexibility index (Phi) is 4.03. The maximum absolute atomic E-state index is 12.2. The van der Waals surface area contributed by atoms with Crippen molar-refractivity contribution in [2.75, 3.05) is 11.9 Å². The molecule has 22 heavy (non-hydrogen) atoms. The second-order valence-electron chi connectivity index (χ2n) is 5.50. The van der Waals surface area contributed by atoms with E-state index in [0.29, 0.717) is 6.54 Å². The van der Waals surface area contributed by atoms with Gasteiger partial charge in [0.15, 0.2) is 0 Å². The van der Waals surface area contributed by atoms with Crippen LogP contribution in [0.3, 0.4) is 0 Å². The number of rotatable bonds is 3. The fraction of sp³-hybridized carbons (Fsp3) is 0.167. The molecule has 1 heterocycles. The van der Waals surface area contributed by atoms with Crippen molar-refractivity contribution in [3.05, 3.63) is 74.5 Å². The van der Waals surface area contributed by atoms with Crippen molar-refractivity contribution in [1.82, 2.24) is 4.98 Å². The molecule has 0 unspecified atom stereocenters. The Balaban J connectivity index is 1.93. The number of anilines is 1. The van der Waals surface area contributed by atoms with E-state index in [1.165, 1.54) is 5.56 Å². The molecule has 0 radical (unpaired) electrons. The highest BCUT2D eigenvalue weighted by atomic mass is 79.9. The Morgan fingerprint density at radius 1 is 1.14 bits per heavy atom. The Bertz CT molecular complexity index is 886. The van der Waals surface area contributed by atoms with Gasteiger partial charge in [0.05, 0.1) is 0 Å². The van der Waals surface area contributed by atoms with Gasteiger partial charge in [-0.05, 0) is 48.2 Å². The number of H-pyrrole nitrogens is 1. The number of benzene rings is 2. The van der Waals surface area contributed by atoms with Gasteiger partial charge in [-0.1, -0.05) is 34.1 Å². The maximum Gasteiger partial charge on any atom is 0.253 e. The smallest absolute Gasteiger partial charge is 0.253 e. The minimum absolute atomic E-state index is 0.0283. The summed E-state index contributed by atoms with van der Waals surface area (Å²) in [6.07, 6.45) is 0. The molecule has 3 nitrogen and oxygen atoms in total. The predicted octanol–water partition coefficient (Wildman–Crippen LogP) is 4.24. The van der Waals surface area contributed by atoms with E-state index in [1.807, 2.05) is 49.5 Å². The minimum atomic E-state index is -0.0283. The summed E-state index contributed by atoms with van der Waals surface area (Å²) in [6.45, 7) is 2.63. The molecule has 2 aromatic carbocycles. The summed E-state index contributed by atoms with van der Waals surface area (Å²) in [5.41, 5.74) is 3.88. The number of aryl methyl sites for hydroxylation is 1. The number of fused-ring (bicyclic) bond motifs is 1. The topological polar surface area (TPSA) is 36.1 Å². The van der Waals surface area contributed by atoms with E-state index in [2.05, 4.69) is 38.8 Å². The molecule has 0 bridgehead atoms. The number of pyridine rings is 1. The number of halogens is 1. The monoisotopic (exact) mass is 356 g/mol. The van der Waals surface area contributed by atoms with Crippen LogP contribution < -0.4 is 10.5 Å². The quantitative estimate of drug-likeness (QED) is 0.761. The van der Waals surface area contributed by atoms with E-state index in [9.17, 15) is 4.79 Å². The summed E-state index contributed by atoms with van der Waals surface area (Å²) in [4.78, 5) is 17.3. The van der Waals surface area contributed by atoms with Crippen LogP contribution in [0.4, 0.5) is 5.69 Å². The molecule has 112 valence electrons. The molecule has 0 aliphatic heterocycles. The van der Waals surface area contributed by atoms with Gasteiger partial charge in [0, 0.05) is 34.8 Å². The summed E-state index contributed by atoms with van der Waals surface area (Å²) in [5, 5.41) is 1.05. The van der Waals surface area contributed by atoms with E-state index in [-0.39, 0.29) is 5.56 Å². The molecule has 0 fully saturated rings. The first-order valence-corrected chi connectivity index (χ1v) is 7.92. The number of aromatic nitrogens is 1. The van der Waals surface area contributed by atoms with Gasteiger partial charge in [-0.3, -0.25) is 4.79 Å². The number of hydrogen-bond acceptors (Lipinski definition) is 2. The van der Waals surface area contributed by atoms with Crippen molar-refractivity contribution < 1.29 is 0 Å². The van der Waals surface area contributed by atoms with Crippen LogP contribution in [0.5, 0.6) is 0 Å². The Hall–Kier alpha value is -2.07. The molecule has 0 saturated heterocycles. The lowest BCUT2D eigenvalue weighted by molar-refractivity contribution is 0.906. The second-order valence-corrected chi connectivity index (χ2v) is 6.35. The van der Waals surface area contributed by atoms with E-state index in [0.717, 1.165) is 26.6 Å². The van der Waals surface area contributed by atoms with Crippen molar-refractivity contribution in [3.63, 3.8) is 0 Å². The van der Waals surface area contributed by atoms with Crippen molar-refractivity contribution in [2.24, 2.45) is 0 Å². The zero-order valence-corrected chi connectivity index (χ0v) is 14.1. The average Bonchev–Trinajstić information content (AvgIpc) is 2.50. The SMILES string of the molecule is Cc1cc(N(C)Cc2cc3ccccc3[nH]c2=O)ccc1Br. The third kappa shape index (κ3) is 2.92. The van der Waals surface area contributed by atoms with E-state index in [1.54, 1.807) is 0 Å². The summed E-state index contributed by atoms with van der Waals surface area (Å²) in [7, 11) is 2.00. The highest BCUT2D eigenvalue weighted by Crippen LogP contribution is 2.23. The van der Waals surface area contributed by atoms with Crippen molar-refractivity contribution in [3.8, 4) is 0 Å². The third-order valence-corrected chi connectivity index (χ3v) is 4.71.